The Morgan fingerprint density at radius 2 is 2.42 bits per heavy atom. The number of hydrogen-bond acceptors (Lipinski definition) is 2. The Morgan fingerprint density at radius 1 is 1.67 bits per heavy atom. The molecule has 0 bridgehead atoms. The first-order chi connectivity index (χ1) is 5.68. The minimum absolute atomic E-state index is 0.0141. The molecule has 1 aliphatic carbocycles. The summed E-state index contributed by atoms with van der Waals surface area (Å²) in [5.74, 6) is -1.16. The van der Waals surface area contributed by atoms with Crippen molar-refractivity contribution in [2.45, 2.75) is 12.5 Å². The van der Waals surface area contributed by atoms with Crippen LogP contribution in [0.3, 0.4) is 0 Å². The molecule has 3 atom stereocenters. The van der Waals surface area contributed by atoms with Crippen LogP contribution in [-0.2, 0) is 9.59 Å². The van der Waals surface area contributed by atoms with Gasteiger partial charge in [-0.05, 0) is 12.5 Å². The van der Waals surface area contributed by atoms with E-state index in [2.05, 4.69) is 5.32 Å². The lowest BCUT2D eigenvalue weighted by Crippen LogP contribution is -2.55. The van der Waals surface area contributed by atoms with E-state index in [0.717, 1.165) is 0 Å². The largest absolute Gasteiger partial charge is 0.481 e. The second-order valence-electron chi connectivity index (χ2n) is 3.23. The first-order valence-electron chi connectivity index (χ1n) is 3.90. The van der Waals surface area contributed by atoms with E-state index < -0.39 is 5.97 Å². The van der Waals surface area contributed by atoms with Crippen LogP contribution in [0.15, 0.2) is 12.2 Å². The number of hydrogen-bond donors (Lipinski definition) is 2. The molecule has 1 fully saturated rings. The highest BCUT2D eigenvalue weighted by molar-refractivity contribution is 5.89. The van der Waals surface area contributed by atoms with Crippen molar-refractivity contribution in [1.29, 1.82) is 0 Å². The lowest BCUT2D eigenvalue weighted by Gasteiger charge is -2.42. The van der Waals surface area contributed by atoms with Crippen molar-refractivity contribution in [3.8, 4) is 0 Å². The number of rotatable bonds is 1. The lowest BCUT2D eigenvalue weighted by atomic mass is 9.68. The predicted octanol–water partition coefficient (Wildman–Crippen LogP) is -0.238. The van der Waals surface area contributed by atoms with Crippen LogP contribution >= 0.6 is 0 Å². The normalized spacial score (nSPS) is 38.0. The average Bonchev–Trinajstić information content (AvgIpc) is 1.94. The second kappa shape index (κ2) is 2.33. The standard InChI is InChI=1S/C8H9NO3/c10-7-2-1-4-5(8(11)12)3-6(4)9-7/h1-2,4-6H,3H2,(H,9,10)(H,11,12)/t4?,5?,6-/m0/s1. The number of carboxylic acids is 1. The van der Waals surface area contributed by atoms with E-state index >= 15 is 0 Å². The van der Waals surface area contributed by atoms with Gasteiger partial charge in [-0.2, -0.15) is 0 Å². The fourth-order valence-corrected chi connectivity index (χ4v) is 1.79. The van der Waals surface area contributed by atoms with Crippen LogP contribution in [0.25, 0.3) is 0 Å². The molecule has 1 saturated carbocycles. The summed E-state index contributed by atoms with van der Waals surface area (Å²) in [7, 11) is 0. The highest BCUT2D eigenvalue weighted by Gasteiger charge is 2.45. The molecule has 12 heavy (non-hydrogen) atoms. The van der Waals surface area contributed by atoms with E-state index in [1.54, 1.807) is 6.08 Å². The number of aliphatic carboxylic acids is 1. The van der Waals surface area contributed by atoms with Gasteiger partial charge in [0.2, 0.25) is 5.91 Å². The summed E-state index contributed by atoms with van der Waals surface area (Å²) in [6.45, 7) is 0. The number of carbonyl (C=O) groups excluding carboxylic acids is 1. The number of nitrogens with one attached hydrogen (secondary N) is 1. The van der Waals surface area contributed by atoms with Crippen LogP contribution in [0.2, 0.25) is 0 Å². The minimum Gasteiger partial charge on any atom is -0.481 e. The summed E-state index contributed by atoms with van der Waals surface area (Å²) >= 11 is 0. The summed E-state index contributed by atoms with van der Waals surface area (Å²) in [5, 5.41) is 11.4. The Labute approximate surface area is 69.3 Å². The molecule has 1 heterocycles. The summed E-state index contributed by atoms with van der Waals surface area (Å²) < 4.78 is 0. The van der Waals surface area contributed by atoms with Gasteiger partial charge in [0.1, 0.15) is 0 Å². The maximum absolute atomic E-state index is 10.8. The van der Waals surface area contributed by atoms with Crippen LogP contribution < -0.4 is 5.32 Å². The number of amides is 1. The van der Waals surface area contributed by atoms with Gasteiger partial charge in [-0.15, -0.1) is 0 Å². The molecule has 4 heteroatoms. The molecule has 1 amide bonds. The van der Waals surface area contributed by atoms with Crippen molar-refractivity contribution in [3.63, 3.8) is 0 Å². The van der Waals surface area contributed by atoms with Crippen LogP contribution in [0, 0.1) is 11.8 Å². The molecule has 2 rings (SSSR count). The summed E-state index contributed by atoms with van der Waals surface area (Å²) in [5.41, 5.74) is 0. The first-order valence-corrected chi connectivity index (χ1v) is 3.90. The van der Waals surface area contributed by atoms with Gasteiger partial charge >= 0.3 is 5.97 Å². The molecule has 2 unspecified atom stereocenters. The van der Waals surface area contributed by atoms with E-state index in [-0.39, 0.29) is 23.8 Å². The Balaban J connectivity index is 2.10. The van der Waals surface area contributed by atoms with Crippen molar-refractivity contribution in [3.05, 3.63) is 12.2 Å². The Hall–Kier alpha value is -1.32. The molecule has 0 spiro atoms. The Bertz CT molecular complexity index is 271. The van der Waals surface area contributed by atoms with Gasteiger partial charge in [-0.25, -0.2) is 0 Å². The maximum Gasteiger partial charge on any atom is 0.307 e. The fourth-order valence-electron chi connectivity index (χ4n) is 1.79. The van der Waals surface area contributed by atoms with Crippen molar-refractivity contribution >= 4 is 11.9 Å². The van der Waals surface area contributed by atoms with Gasteiger partial charge in [-0.1, -0.05) is 6.08 Å². The summed E-state index contributed by atoms with van der Waals surface area (Å²) in [6, 6.07) is 0.0589. The van der Waals surface area contributed by atoms with Crippen molar-refractivity contribution in [2.24, 2.45) is 11.8 Å². The monoisotopic (exact) mass is 167 g/mol. The molecular formula is C8H9NO3. The molecule has 0 aromatic heterocycles. The molecule has 0 aromatic rings. The first kappa shape index (κ1) is 7.34. The summed E-state index contributed by atoms with van der Waals surface area (Å²) in [4.78, 5) is 21.4. The fraction of sp³-hybridized carbons (Fsp3) is 0.500. The van der Waals surface area contributed by atoms with E-state index in [0.29, 0.717) is 6.42 Å². The van der Waals surface area contributed by atoms with Gasteiger partial charge in [-0.3, -0.25) is 9.59 Å². The molecule has 0 aromatic carbocycles. The third-order valence-corrected chi connectivity index (χ3v) is 2.55. The minimum atomic E-state index is -0.767. The SMILES string of the molecule is O=C1C=CC2C(C(=O)O)C[C@@H]2N1. The number of carbonyl (C=O) groups is 2. The van der Waals surface area contributed by atoms with Gasteiger partial charge in [0, 0.05) is 12.0 Å². The Kier molecular flexibility index (Phi) is 1.43. The van der Waals surface area contributed by atoms with E-state index in [1.807, 2.05) is 0 Å². The average molecular weight is 167 g/mol. The second-order valence-corrected chi connectivity index (χ2v) is 3.23. The van der Waals surface area contributed by atoms with Gasteiger partial charge in [0.25, 0.3) is 0 Å². The van der Waals surface area contributed by atoms with Crippen molar-refractivity contribution in [2.75, 3.05) is 0 Å². The third kappa shape index (κ3) is 0.913. The molecule has 4 nitrogen and oxygen atoms in total. The predicted molar refractivity (Wildman–Crippen MR) is 40.3 cm³/mol. The molecule has 64 valence electrons. The smallest absolute Gasteiger partial charge is 0.307 e. The molecular weight excluding hydrogens is 158 g/mol. The topological polar surface area (TPSA) is 66.4 Å². The van der Waals surface area contributed by atoms with Crippen molar-refractivity contribution < 1.29 is 14.7 Å². The quantitative estimate of drug-likeness (QED) is 0.566. The van der Waals surface area contributed by atoms with Gasteiger partial charge in [0.05, 0.1) is 5.92 Å². The number of carboxylic acid groups (broad SMARTS) is 1. The van der Waals surface area contributed by atoms with E-state index in [1.165, 1.54) is 6.08 Å². The molecule has 0 radical (unpaired) electrons. The number of fused-ring (bicyclic) bond motifs is 1. The highest BCUT2D eigenvalue weighted by atomic mass is 16.4. The van der Waals surface area contributed by atoms with Gasteiger partial charge in [0.15, 0.2) is 0 Å². The zero-order valence-corrected chi connectivity index (χ0v) is 6.36. The van der Waals surface area contributed by atoms with Crippen LogP contribution in [0.5, 0.6) is 0 Å². The molecule has 2 aliphatic rings. The van der Waals surface area contributed by atoms with Crippen LogP contribution in [-0.4, -0.2) is 23.0 Å². The summed E-state index contributed by atoms with van der Waals surface area (Å²) in [6.07, 6.45) is 3.68. The van der Waals surface area contributed by atoms with E-state index in [9.17, 15) is 9.59 Å². The zero-order valence-electron chi connectivity index (χ0n) is 6.36. The Morgan fingerprint density at radius 3 is 3.00 bits per heavy atom. The van der Waals surface area contributed by atoms with Gasteiger partial charge < -0.3 is 10.4 Å². The molecule has 1 aliphatic heterocycles. The van der Waals surface area contributed by atoms with Crippen LogP contribution in [0.1, 0.15) is 6.42 Å². The third-order valence-electron chi connectivity index (χ3n) is 2.55. The lowest BCUT2D eigenvalue weighted by molar-refractivity contribution is -0.149. The van der Waals surface area contributed by atoms with Crippen LogP contribution in [0.4, 0.5) is 0 Å². The maximum atomic E-state index is 10.8. The molecule has 2 N–H and O–H groups in total. The molecule has 0 saturated heterocycles. The van der Waals surface area contributed by atoms with E-state index in [4.69, 9.17) is 5.11 Å². The van der Waals surface area contributed by atoms with Crippen molar-refractivity contribution in [1.82, 2.24) is 5.32 Å². The zero-order chi connectivity index (χ0) is 8.72. The highest BCUT2D eigenvalue weighted by Crippen LogP contribution is 2.37.